The number of halogens is 1. The van der Waals surface area contributed by atoms with Crippen LogP contribution in [0, 0.1) is 0 Å². The molecule has 0 fully saturated rings. The molecule has 2 aromatic carbocycles. The van der Waals surface area contributed by atoms with E-state index in [-0.39, 0.29) is 5.69 Å². The Kier molecular flexibility index (Phi) is 3.88. The molecule has 0 unspecified atom stereocenters. The van der Waals surface area contributed by atoms with Crippen molar-refractivity contribution < 1.29 is 9.59 Å². The molecule has 0 aliphatic carbocycles. The zero-order valence-corrected chi connectivity index (χ0v) is 12.8. The van der Waals surface area contributed by atoms with Crippen LogP contribution >= 0.6 is 15.9 Å². The highest BCUT2D eigenvalue weighted by atomic mass is 79.9. The van der Waals surface area contributed by atoms with Crippen LogP contribution in [0.25, 0.3) is 10.9 Å². The van der Waals surface area contributed by atoms with E-state index in [1.807, 2.05) is 18.2 Å². The Morgan fingerprint density at radius 3 is 2.45 bits per heavy atom. The third kappa shape index (κ3) is 2.71. The zero-order valence-electron chi connectivity index (χ0n) is 11.3. The van der Waals surface area contributed by atoms with E-state index in [1.54, 1.807) is 30.3 Å². The molecule has 3 N–H and O–H groups in total. The molecule has 7 heteroatoms. The Morgan fingerprint density at radius 2 is 1.64 bits per heavy atom. The summed E-state index contributed by atoms with van der Waals surface area (Å²) >= 11 is 3.28. The highest BCUT2D eigenvalue weighted by molar-refractivity contribution is 9.10. The Hall–Kier alpha value is -2.67. The van der Waals surface area contributed by atoms with Crippen LogP contribution in [0.15, 0.2) is 53.0 Å². The van der Waals surface area contributed by atoms with Gasteiger partial charge in [0.2, 0.25) is 0 Å². The number of hydrogen-bond donors (Lipinski definition) is 3. The van der Waals surface area contributed by atoms with E-state index in [0.29, 0.717) is 15.4 Å². The first-order chi connectivity index (χ1) is 10.7. The van der Waals surface area contributed by atoms with Crippen molar-refractivity contribution in [3.05, 3.63) is 64.3 Å². The normalized spacial score (nSPS) is 10.4. The Balaban J connectivity index is 1.73. The molecule has 2 amide bonds. The largest absolute Gasteiger partial charge is 0.290 e. The van der Waals surface area contributed by atoms with Crippen molar-refractivity contribution in [2.45, 2.75) is 0 Å². The van der Waals surface area contributed by atoms with Crippen LogP contribution in [0.4, 0.5) is 0 Å². The van der Waals surface area contributed by atoms with Gasteiger partial charge in [-0.2, -0.15) is 5.10 Å². The lowest BCUT2D eigenvalue weighted by atomic mass is 10.2. The number of aromatic nitrogens is 2. The topological polar surface area (TPSA) is 86.9 Å². The van der Waals surface area contributed by atoms with Crippen LogP contribution in [0.1, 0.15) is 20.8 Å². The number of nitrogens with one attached hydrogen (secondary N) is 3. The standard InChI is InChI=1S/C15H11BrN4O2/c16-11-7-3-1-5-9(11)14(21)19-20-15(22)13-10-6-2-4-8-12(10)17-18-13/h1-8H,(H,17,18)(H,19,21)(H,20,22). The molecule has 110 valence electrons. The summed E-state index contributed by atoms with van der Waals surface area (Å²) in [5.41, 5.74) is 6.14. The van der Waals surface area contributed by atoms with Gasteiger partial charge in [-0.15, -0.1) is 0 Å². The first kappa shape index (κ1) is 14.3. The van der Waals surface area contributed by atoms with Gasteiger partial charge >= 0.3 is 0 Å². The number of rotatable bonds is 2. The van der Waals surface area contributed by atoms with Crippen LogP contribution in [-0.4, -0.2) is 22.0 Å². The average molecular weight is 359 g/mol. The minimum absolute atomic E-state index is 0.225. The maximum absolute atomic E-state index is 12.1. The first-order valence-electron chi connectivity index (χ1n) is 6.45. The molecule has 0 aliphatic heterocycles. The number of carbonyl (C=O) groups excluding carboxylic acids is 2. The van der Waals surface area contributed by atoms with Crippen molar-refractivity contribution in [3.8, 4) is 0 Å². The number of amides is 2. The minimum atomic E-state index is -0.488. The maximum atomic E-state index is 12.1. The van der Waals surface area contributed by atoms with Crippen molar-refractivity contribution in [3.63, 3.8) is 0 Å². The predicted octanol–water partition coefficient (Wildman–Crippen LogP) is 2.40. The van der Waals surface area contributed by atoms with Gasteiger partial charge in [0.1, 0.15) is 0 Å². The van der Waals surface area contributed by atoms with Crippen molar-refractivity contribution in [1.29, 1.82) is 0 Å². The number of fused-ring (bicyclic) bond motifs is 1. The predicted molar refractivity (Wildman–Crippen MR) is 85.2 cm³/mol. The molecule has 0 atom stereocenters. The Morgan fingerprint density at radius 1 is 0.955 bits per heavy atom. The molecule has 0 saturated carbocycles. The van der Waals surface area contributed by atoms with E-state index in [1.165, 1.54) is 0 Å². The molecule has 0 aliphatic rings. The van der Waals surface area contributed by atoms with Gasteiger partial charge in [0.05, 0.1) is 11.1 Å². The number of nitrogens with zero attached hydrogens (tertiary/aromatic N) is 1. The fourth-order valence-corrected chi connectivity index (χ4v) is 2.49. The van der Waals surface area contributed by atoms with Crippen LogP contribution < -0.4 is 10.9 Å². The third-order valence-electron chi connectivity index (χ3n) is 3.09. The van der Waals surface area contributed by atoms with Gasteiger partial charge in [-0.1, -0.05) is 30.3 Å². The SMILES string of the molecule is O=C(NNC(=O)c1n[nH]c2ccccc12)c1ccccc1Br. The van der Waals surface area contributed by atoms with Crippen LogP contribution in [0.3, 0.4) is 0 Å². The summed E-state index contributed by atoms with van der Waals surface area (Å²) in [7, 11) is 0. The van der Waals surface area contributed by atoms with Gasteiger partial charge in [0.15, 0.2) is 5.69 Å². The number of hydrogen-bond acceptors (Lipinski definition) is 3. The summed E-state index contributed by atoms with van der Waals surface area (Å²) in [6, 6.07) is 14.2. The molecule has 0 saturated heterocycles. The Labute approximate surface area is 134 Å². The summed E-state index contributed by atoms with van der Waals surface area (Å²) in [4.78, 5) is 24.1. The van der Waals surface area contributed by atoms with E-state index in [4.69, 9.17) is 0 Å². The second-order valence-corrected chi connectivity index (χ2v) is 5.36. The molecule has 6 nitrogen and oxygen atoms in total. The van der Waals surface area contributed by atoms with E-state index in [0.717, 1.165) is 5.52 Å². The molecule has 3 aromatic rings. The summed E-state index contributed by atoms with van der Waals surface area (Å²) in [5.74, 6) is -0.904. The van der Waals surface area contributed by atoms with Gasteiger partial charge in [-0.3, -0.25) is 25.5 Å². The first-order valence-corrected chi connectivity index (χ1v) is 7.24. The zero-order chi connectivity index (χ0) is 15.5. The van der Waals surface area contributed by atoms with E-state index >= 15 is 0 Å². The number of H-pyrrole nitrogens is 1. The van der Waals surface area contributed by atoms with Gasteiger partial charge in [-0.25, -0.2) is 0 Å². The quantitative estimate of drug-likeness (QED) is 0.614. The Bertz CT molecular complexity index is 859. The fraction of sp³-hybridized carbons (Fsp3) is 0. The van der Waals surface area contributed by atoms with Gasteiger partial charge in [0, 0.05) is 9.86 Å². The molecule has 1 aromatic heterocycles. The van der Waals surface area contributed by atoms with Gasteiger partial charge in [-0.05, 0) is 34.1 Å². The van der Waals surface area contributed by atoms with Crippen molar-refractivity contribution in [2.24, 2.45) is 0 Å². The maximum Gasteiger partial charge on any atom is 0.290 e. The molecule has 0 bridgehead atoms. The number of benzene rings is 2. The minimum Gasteiger partial charge on any atom is -0.277 e. The molecule has 0 radical (unpaired) electrons. The van der Waals surface area contributed by atoms with Gasteiger partial charge in [0.25, 0.3) is 11.8 Å². The summed E-state index contributed by atoms with van der Waals surface area (Å²) in [6.45, 7) is 0. The number of para-hydroxylation sites is 1. The molecule has 0 spiro atoms. The fourth-order valence-electron chi connectivity index (χ4n) is 2.02. The van der Waals surface area contributed by atoms with Crippen molar-refractivity contribution in [2.75, 3.05) is 0 Å². The number of aromatic amines is 1. The van der Waals surface area contributed by atoms with Crippen molar-refractivity contribution in [1.82, 2.24) is 21.0 Å². The lowest BCUT2D eigenvalue weighted by molar-refractivity contribution is 0.0844. The molecule has 1 heterocycles. The smallest absolute Gasteiger partial charge is 0.277 e. The molecule has 3 rings (SSSR count). The summed E-state index contributed by atoms with van der Waals surface area (Å²) in [5, 5.41) is 7.42. The molecule has 22 heavy (non-hydrogen) atoms. The van der Waals surface area contributed by atoms with Crippen LogP contribution in [-0.2, 0) is 0 Å². The van der Waals surface area contributed by atoms with E-state index in [9.17, 15) is 9.59 Å². The molecular weight excluding hydrogens is 348 g/mol. The average Bonchev–Trinajstić information content (AvgIpc) is 2.97. The number of hydrazine groups is 1. The second-order valence-electron chi connectivity index (χ2n) is 4.51. The lowest BCUT2D eigenvalue weighted by Gasteiger charge is -2.07. The monoisotopic (exact) mass is 358 g/mol. The van der Waals surface area contributed by atoms with Crippen LogP contribution in [0.5, 0.6) is 0 Å². The van der Waals surface area contributed by atoms with Gasteiger partial charge < -0.3 is 0 Å². The highest BCUT2D eigenvalue weighted by Crippen LogP contribution is 2.16. The molecular formula is C15H11BrN4O2. The van der Waals surface area contributed by atoms with Crippen molar-refractivity contribution >= 4 is 38.6 Å². The van der Waals surface area contributed by atoms with E-state index < -0.39 is 11.8 Å². The summed E-state index contributed by atoms with van der Waals surface area (Å²) in [6.07, 6.45) is 0. The number of carbonyl (C=O) groups is 2. The summed E-state index contributed by atoms with van der Waals surface area (Å²) < 4.78 is 0.645. The highest BCUT2D eigenvalue weighted by Gasteiger charge is 2.15. The second kappa shape index (κ2) is 5.98. The third-order valence-corrected chi connectivity index (χ3v) is 3.78. The lowest BCUT2D eigenvalue weighted by Crippen LogP contribution is -2.42. The van der Waals surface area contributed by atoms with Crippen LogP contribution in [0.2, 0.25) is 0 Å². The van der Waals surface area contributed by atoms with E-state index in [2.05, 4.69) is 37.0 Å².